The van der Waals surface area contributed by atoms with E-state index in [1.807, 2.05) is 30.3 Å². The Morgan fingerprint density at radius 1 is 1.14 bits per heavy atom. The van der Waals surface area contributed by atoms with Crippen LogP contribution >= 0.6 is 11.6 Å². The third kappa shape index (κ3) is 3.86. The van der Waals surface area contributed by atoms with Gasteiger partial charge in [-0.15, -0.1) is 0 Å². The molecule has 4 nitrogen and oxygen atoms in total. The van der Waals surface area contributed by atoms with E-state index in [0.717, 1.165) is 5.56 Å². The second-order valence-corrected chi connectivity index (χ2v) is 5.18. The van der Waals surface area contributed by atoms with Gasteiger partial charge in [-0.3, -0.25) is 9.59 Å². The maximum atomic E-state index is 11.6. The average molecular weight is 319 g/mol. The van der Waals surface area contributed by atoms with Crippen LogP contribution in [-0.4, -0.2) is 16.9 Å². The summed E-state index contributed by atoms with van der Waals surface area (Å²) in [6.45, 7) is 1.69. The van der Waals surface area contributed by atoms with E-state index in [4.69, 9.17) is 21.4 Å². The van der Waals surface area contributed by atoms with E-state index in [9.17, 15) is 9.59 Å². The molecule has 0 amide bonds. The van der Waals surface area contributed by atoms with E-state index < -0.39 is 5.97 Å². The van der Waals surface area contributed by atoms with Crippen molar-refractivity contribution in [3.05, 3.63) is 64.2 Å². The van der Waals surface area contributed by atoms with Crippen molar-refractivity contribution in [2.24, 2.45) is 0 Å². The van der Waals surface area contributed by atoms with Gasteiger partial charge in [0.05, 0.1) is 11.4 Å². The summed E-state index contributed by atoms with van der Waals surface area (Å²) in [6, 6.07) is 12.7. The Balaban J connectivity index is 2.29. The van der Waals surface area contributed by atoms with Crippen LogP contribution in [0.15, 0.2) is 42.5 Å². The molecule has 5 heteroatoms. The van der Waals surface area contributed by atoms with Crippen molar-refractivity contribution in [2.45, 2.75) is 20.0 Å². The summed E-state index contributed by atoms with van der Waals surface area (Å²) in [4.78, 5) is 22.6. The SMILES string of the molecule is CC(=O)c1ccc(OCc2ccccc2)c(Cl)c1CC(=O)O. The van der Waals surface area contributed by atoms with Crippen LogP contribution in [0.2, 0.25) is 5.02 Å². The van der Waals surface area contributed by atoms with Crippen LogP contribution in [0.4, 0.5) is 0 Å². The van der Waals surface area contributed by atoms with Crippen LogP contribution < -0.4 is 4.74 Å². The molecule has 0 aliphatic heterocycles. The van der Waals surface area contributed by atoms with Gasteiger partial charge < -0.3 is 9.84 Å². The third-order valence-electron chi connectivity index (χ3n) is 3.15. The van der Waals surface area contributed by atoms with Gasteiger partial charge in [-0.05, 0) is 30.2 Å². The number of carboxylic acid groups (broad SMARTS) is 1. The highest BCUT2D eigenvalue weighted by atomic mass is 35.5. The number of rotatable bonds is 6. The van der Waals surface area contributed by atoms with Gasteiger partial charge in [0.15, 0.2) is 5.78 Å². The number of carbonyl (C=O) groups excluding carboxylic acids is 1. The lowest BCUT2D eigenvalue weighted by Gasteiger charge is -2.13. The quantitative estimate of drug-likeness (QED) is 0.824. The van der Waals surface area contributed by atoms with Crippen molar-refractivity contribution in [3.8, 4) is 5.75 Å². The van der Waals surface area contributed by atoms with Gasteiger partial charge in [-0.2, -0.15) is 0 Å². The highest BCUT2D eigenvalue weighted by Crippen LogP contribution is 2.32. The molecule has 2 aromatic carbocycles. The molecular weight excluding hydrogens is 304 g/mol. The van der Waals surface area contributed by atoms with E-state index in [2.05, 4.69) is 0 Å². The summed E-state index contributed by atoms with van der Waals surface area (Å²) < 4.78 is 5.64. The lowest BCUT2D eigenvalue weighted by Crippen LogP contribution is -2.08. The first kappa shape index (κ1) is 16.0. The Kier molecular flexibility index (Phi) is 5.17. The molecule has 0 atom stereocenters. The fourth-order valence-corrected chi connectivity index (χ4v) is 2.39. The molecule has 0 bridgehead atoms. The number of benzene rings is 2. The summed E-state index contributed by atoms with van der Waals surface area (Å²) in [6.07, 6.45) is -0.323. The van der Waals surface area contributed by atoms with Gasteiger partial charge in [0.2, 0.25) is 0 Å². The highest BCUT2D eigenvalue weighted by Gasteiger charge is 2.18. The molecule has 0 saturated heterocycles. The predicted octanol–water partition coefficient (Wildman–Crippen LogP) is 3.75. The molecule has 0 aromatic heterocycles. The van der Waals surface area contributed by atoms with Gasteiger partial charge in [0.1, 0.15) is 12.4 Å². The molecule has 0 heterocycles. The highest BCUT2D eigenvalue weighted by molar-refractivity contribution is 6.33. The van der Waals surface area contributed by atoms with Crippen LogP contribution in [0.25, 0.3) is 0 Å². The van der Waals surface area contributed by atoms with Crippen molar-refractivity contribution >= 4 is 23.4 Å². The monoisotopic (exact) mass is 318 g/mol. The van der Waals surface area contributed by atoms with Crippen LogP contribution in [0, 0.1) is 0 Å². The topological polar surface area (TPSA) is 63.6 Å². The Bertz CT molecular complexity index is 695. The molecule has 0 aliphatic carbocycles. The van der Waals surface area contributed by atoms with Gasteiger partial charge in [-0.25, -0.2) is 0 Å². The van der Waals surface area contributed by atoms with Crippen LogP contribution in [0.3, 0.4) is 0 Å². The van der Waals surface area contributed by atoms with Crippen molar-refractivity contribution in [1.82, 2.24) is 0 Å². The molecule has 0 aliphatic rings. The Morgan fingerprint density at radius 3 is 2.41 bits per heavy atom. The zero-order valence-corrected chi connectivity index (χ0v) is 12.8. The van der Waals surface area contributed by atoms with Crippen LogP contribution in [0.5, 0.6) is 5.75 Å². The molecule has 0 fully saturated rings. The number of hydrogen-bond acceptors (Lipinski definition) is 3. The first-order chi connectivity index (χ1) is 10.5. The molecule has 0 saturated carbocycles. The van der Waals surface area contributed by atoms with E-state index in [0.29, 0.717) is 17.9 Å². The lowest BCUT2D eigenvalue weighted by atomic mass is 10.0. The lowest BCUT2D eigenvalue weighted by molar-refractivity contribution is -0.136. The molecule has 0 spiro atoms. The fraction of sp³-hybridized carbons (Fsp3) is 0.176. The molecular formula is C17H15ClO4. The number of ether oxygens (including phenoxy) is 1. The predicted molar refractivity (Wildman–Crippen MR) is 83.6 cm³/mol. The second kappa shape index (κ2) is 7.09. The average Bonchev–Trinajstić information content (AvgIpc) is 2.48. The van der Waals surface area contributed by atoms with E-state index in [-0.39, 0.29) is 22.8 Å². The molecule has 114 valence electrons. The minimum Gasteiger partial charge on any atom is -0.487 e. The van der Waals surface area contributed by atoms with E-state index in [1.165, 1.54) is 6.92 Å². The number of hydrogen-bond donors (Lipinski definition) is 1. The van der Waals surface area contributed by atoms with Crippen LogP contribution in [0.1, 0.15) is 28.4 Å². The van der Waals surface area contributed by atoms with Gasteiger partial charge in [0, 0.05) is 5.56 Å². The summed E-state index contributed by atoms with van der Waals surface area (Å²) in [5.74, 6) is -0.913. The standard InChI is InChI=1S/C17H15ClO4/c1-11(19)13-7-8-15(17(18)14(13)9-16(20)21)22-10-12-5-3-2-4-6-12/h2-8H,9-10H2,1H3,(H,20,21). The number of halogens is 1. The Hall–Kier alpha value is -2.33. The molecule has 1 N–H and O–H groups in total. The second-order valence-electron chi connectivity index (χ2n) is 4.80. The molecule has 22 heavy (non-hydrogen) atoms. The molecule has 0 unspecified atom stereocenters. The van der Waals surface area contributed by atoms with Crippen molar-refractivity contribution in [3.63, 3.8) is 0 Å². The van der Waals surface area contributed by atoms with Crippen molar-refractivity contribution < 1.29 is 19.4 Å². The third-order valence-corrected chi connectivity index (χ3v) is 3.57. The summed E-state index contributed by atoms with van der Waals surface area (Å²) >= 11 is 6.23. The van der Waals surface area contributed by atoms with Gasteiger partial charge in [0.25, 0.3) is 0 Å². The zero-order valence-electron chi connectivity index (χ0n) is 12.0. The number of Topliss-reactive ketones (excluding diaryl/α,β-unsaturated/α-hetero) is 1. The smallest absolute Gasteiger partial charge is 0.307 e. The minimum absolute atomic E-state index is 0.172. The van der Waals surface area contributed by atoms with Gasteiger partial charge in [-0.1, -0.05) is 41.9 Å². The maximum Gasteiger partial charge on any atom is 0.307 e. The summed E-state index contributed by atoms with van der Waals surface area (Å²) in [5, 5.41) is 9.16. The minimum atomic E-state index is -1.05. The van der Waals surface area contributed by atoms with E-state index >= 15 is 0 Å². The summed E-state index contributed by atoms with van der Waals surface area (Å²) in [7, 11) is 0. The number of carbonyl (C=O) groups is 2. The Labute approximate surface area is 133 Å². The summed E-state index contributed by atoms with van der Waals surface area (Å²) in [5.41, 5.74) is 1.56. The zero-order chi connectivity index (χ0) is 16.1. The largest absolute Gasteiger partial charge is 0.487 e. The molecule has 2 rings (SSSR count). The fourth-order valence-electron chi connectivity index (χ4n) is 2.10. The van der Waals surface area contributed by atoms with Gasteiger partial charge >= 0.3 is 5.97 Å². The van der Waals surface area contributed by atoms with Crippen LogP contribution in [-0.2, 0) is 17.8 Å². The number of carboxylic acids is 1. The number of ketones is 1. The number of aliphatic carboxylic acids is 1. The van der Waals surface area contributed by atoms with E-state index in [1.54, 1.807) is 12.1 Å². The molecule has 2 aromatic rings. The first-order valence-electron chi connectivity index (χ1n) is 6.70. The van der Waals surface area contributed by atoms with Crippen molar-refractivity contribution in [1.29, 1.82) is 0 Å². The normalized spacial score (nSPS) is 10.3. The van der Waals surface area contributed by atoms with Crippen molar-refractivity contribution in [2.75, 3.05) is 0 Å². The maximum absolute atomic E-state index is 11.6. The first-order valence-corrected chi connectivity index (χ1v) is 7.07. The Morgan fingerprint density at radius 2 is 1.82 bits per heavy atom. The molecule has 0 radical (unpaired) electrons.